The van der Waals surface area contributed by atoms with Gasteiger partial charge in [0.15, 0.2) is 0 Å². The quantitative estimate of drug-likeness (QED) is 0.871. The molecule has 0 aliphatic carbocycles. The van der Waals surface area contributed by atoms with Crippen LogP contribution in [0, 0.1) is 0 Å². The van der Waals surface area contributed by atoms with Crippen molar-refractivity contribution in [2.24, 2.45) is 0 Å². The van der Waals surface area contributed by atoms with E-state index in [0.717, 1.165) is 10.0 Å². The topological polar surface area (TPSA) is 46.5 Å². The Bertz CT molecular complexity index is 566. The number of hydrogen-bond acceptors (Lipinski definition) is 3. The highest BCUT2D eigenvalue weighted by molar-refractivity contribution is 9.10. The molecule has 0 radical (unpaired) electrons. The highest BCUT2D eigenvalue weighted by Crippen LogP contribution is 2.32. The summed E-state index contributed by atoms with van der Waals surface area (Å²) in [6, 6.07) is 16.4. The second kappa shape index (κ2) is 6.68. The Morgan fingerprint density at radius 1 is 1.05 bits per heavy atom. The molecule has 2 aromatic carbocycles. The summed E-state index contributed by atoms with van der Waals surface area (Å²) in [7, 11) is 1.33. The van der Waals surface area contributed by atoms with Crippen LogP contribution in [0.25, 0.3) is 0 Å². The lowest BCUT2D eigenvalue weighted by atomic mass is 9.89. The van der Waals surface area contributed by atoms with Crippen LogP contribution in [0.15, 0.2) is 59.1 Å². The van der Waals surface area contributed by atoms with E-state index in [9.17, 15) is 9.90 Å². The van der Waals surface area contributed by atoms with Crippen LogP contribution in [0.1, 0.15) is 23.1 Å². The van der Waals surface area contributed by atoms with E-state index in [0.29, 0.717) is 5.56 Å². The van der Waals surface area contributed by atoms with Gasteiger partial charge < -0.3 is 9.84 Å². The molecule has 0 aliphatic heterocycles. The molecular formula is C16H15BrO3. The predicted molar refractivity (Wildman–Crippen MR) is 80.3 cm³/mol. The number of aliphatic hydroxyl groups is 1. The Kier molecular flexibility index (Phi) is 4.93. The summed E-state index contributed by atoms with van der Waals surface area (Å²) < 4.78 is 5.74. The SMILES string of the molecule is COC(=O)[C@H](c1ccccc1)[C@@H](O)c1ccc(Br)cc1. The van der Waals surface area contributed by atoms with Gasteiger partial charge in [-0.3, -0.25) is 4.79 Å². The van der Waals surface area contributed by atoms with Crippen molar-refractivity contribution in [3.05, 3.63) is 70.2 Å². The van der Waals surface area contributed by atoms with Crippen LogP contribution in [0.3, 0.4) is 0 Å². The zero-order chi connectivity index (χ0) is 14.5. The van der Waals surface area contributed by atoms with Gasteiger partial charge in [-0.2, -0.15) is 0 Å². The monoisotopic (exact) mass is 334 g/mol. The van der Waals surface area contributed by atoms with Crippen molar-refractivity contribution in [3.63, 3.8) is 0 Å². The molecule has 0 unspecified atom stereocenters. The van der Waals surface area contributed by atoms with Crippen LogP contribution in [-0.4, -0.2) is 18.2 Å². The lowest BCUT2D eigenvalue weighted by Crippen LogP contribution is -2.21. The number of halogens is 1. The molecule has 2 atom stereocenters. The number of ether oxygens (including phenoxy) is 1. The van der Waals surface area contributed by atoms with Crippen LogP contribution >= 0.6 is 15.9 Å². The van der Waals surface area contributed by atoms with Crippen LogP contribution in [0.4, 0.5) is 0 Å². The molecule has 0 aromatic heterocycles. The first-order valence-electron chi connectivity index (χ1n) is 6.20. The zero-order valence-corrected chi connectivity index (χ0v) is 12.6. The maximum atomic E-state index is 12.0. The zero-order valence-electron chi connectivity index (χ0n) is 11.0. The Morgan fingerprint density at radius 2 is 1.65 bits per heavy atom. The maximum Gasteiger partial charge on any atom is 0.316 e. The van der Waals surface area contributed by atoms with Crippen LogP contribution in [0.2, 0.25) is 0 Å². The molecule has 2 rings (SSSR count). The Hall–Kier alpha value is -1.65. The average molecular weight is 335 g/mol. The molecule has 0 fully saturated rings. The molecule has 0 aliphatic rings. The number of methoxy groups -OCH3 is 1. The van der Waals surface area contributed by atoms with Gasteiger partial charge in [-0.05, 0) is 23.3 Å². The molecule has 0 spiro atoms. The van der Waals surface area contributed by atoms with Crippen LogP contribution < -0.4 is 0 Å². The smallest absolute Gasteiger partial charge is 0.316 e. The van der Waals surface area contributed by atoms with Gasteiger partial charge in [-0.1, -0.05) is 58.4 Å². The summed E-state index contributed by atoms with van der Waals surface area (Å²) >= 11 is 3.35. The highest BCUT2D eigenvalue weighted by Gasteiger charge is 2.30. The van der Waals surface area contributed by atoms with Gasteiger partial charge in [0, 0.05) is 4.47 Å². The molecule has 2 aromatic rings. The first kappa shape index (κ1) is 14.8. The third-order valence-electron chi connectivity index (χ3n) is 3.14. The van der Waals surface area contributed by atoms with Crippen LogP contribution in [0.5, 0.6) is 0 Å². The van der Waals surface area contributed by atoms with Crippen molar-refractivity contribution in [3.8, 4) is 0 Å². The highest BCUT2D eigenvalue weighted by atomic mass is 79.9. The molecule has 104 valence electrons. The van der Waals surface area contributed by atoms with Crippen molar-refractivity contribution >= 4 is 21.9 Å². The number of benzene rings is 2. The summed E-state index contributed by atoms with van der Waals surface area (Å²) in [5.41, 5.74) is 1.40. The van der Waals surface area contributed by atoms with Crippen molar-refractivity contribution in [1.29, 1.82) is 0 Å². The third-order valence-corrected chi connectivity index (χ3v) is 3.67. The normalized spacial score (nSPS) is 13.6. The first-order chi connectivity index (χ1) is 9.63. The summed E-state index contributed by atoms with van der Waals surface area (Å²) in [6.07, 6.45) is -0.946. The summed E-state index contributed by atoms with van der Waals surface area (Å²) in [5, 5.41) is 10.5. The Labute approximate surface area is 126 Å². The standard InChI is InChI=1S/C16H15BrO3/c1-20-16(19)14(11-5-3-2-4-6-11)15(18)12-7-9-13(17)10-8-12/h2-10,14-15,18H,1H3/t14-,15+/m1/s1. The molecule has 0 saturated carbocycles. The molecule has 1 N–H and O–H groups in total. The average Bonchev–Trinajstić information content (AvgIpc) is 2.49. The molecule has 0 saturated heterocycles. The fourth-order valence-corrected chi connectivity index (χ4v) is 2.35. The molecule has 0 bridgehead atoms. The molecule has 0 amide bonds. The van der Waals surface area contributed by atoms with E-state index in [-0.39, 0.29) is 0 Å². The number of esters is 1. The van der Waals surface area contributed by atoms with E-state index in [1.807, 2.05) is 42.5 Å². The minimum Gasteiger partial charge on any atom is -0.468 e. The van der Waals surface area contributed by atoms with Gasteiger partial charge in [0.2, 0.25) is 0 Å². The number of hydrogen-bond donors (Lipinski definition) is 1. The van der Waals surface area contributed by atoms with E-state index >= 15 is 0 Å². The van der Waals surface area contributed by atoms with Gasteiger partial charge in [-0.25, -0.2) is 0 Å². The van der Waals surface area contributed by atoms with E-state index in [1.54, 1.807) is 12.1 Å². The van der Waals surface area contributed by atoms with Gasteiger partial charge in [0.05, 0.1) is 13.2 Å². The largest absolute Gasteiger partial charge is 0.468 e. The van der Waals surface area contributed by atoms with Gasteiger partial charge >= 0.3 is 5.97 Å². The summed E-state index contributed by atoms with van der Waals surface area (Å²) in [4.78, 5) is 12.0. The van der Waals surface area contributed by atoms with Crippen LogP contribution in [-0.2, 0) is 9.53 Å². The van der Waals surface area contributed by atoms with Crippen molar-refractivity contribution in [2.45, 2.75) is 12.0 Å². The summed E-state index contributed by atoms with van der Waals surface area (Å²) in [6.45, 7) is 0. The van der Waals surface area contributed by atoms with E-state index in [4.69, 9.17) is 4.74 Å². The lowest BCUT2D eigenvalue weighted by Gasteiger charge is -2.21. The fourth-order valence-electron chi connectivity index (χ4n) is 2.09. The minimum atomic E-state index is -0.946. The van der Waals surface area contributed by atoms with Crippen molar-refractivity contribution in [2.75, 3.05) is 7.11 Å². The molecule has 3 nitrogen and oxygen atoms in total. The molecule has 20 heavy (non-hydrogen) atoms. The van der Waals surface area contributed by atoms with E-state index in [1.165, 1.54) is 7.11 Å². The third kappa shape index (κ3) is 3.26. The number of aliphatic hydroxyl groups excluding tert-OH is 1. The van der Waals surface area contributed by atoms with Gasteiger partial charge in [0.1, 0.15) is 5.92 Å². The van der Waals surface area contributed by atoms with Gasteiger partial charge in [-0.15, -0.1) is 0 Å². The Morgan fingerprint density at radius 3 is 2.20 bits per heavy atom. The second-order valence-electron chi connectivity index (χ2n) is 4.41. The maximum absolute atomic E-state index is 12.0. The Balaban J connectivity index is 2.36. The molecule has 4 heteroatoms. The second-order valence-corrected chi connectivity index (χ2v) is 5.32. The first-order valence-corrected chi connectivity index (χ1v) is 6.99. The van der Waals surface area contributed by atoms with Gasteiger partial charge in [0.25, 0.3) is 0 Å². The van der Waals surface area contributed by atoms with Crippen molar-refractivity contribution < 1.29 is 14.6 Å². The molecular weight excluding hydrogens is 320 g/mol. The van der Waals surface area contributed by atoms with E-state index < -0.39 is 18.0 Å². The number of rotatable bonds is 4. The van der Waals surface area contributed by atoms with E-state index in [2.05, 4.69) is 15.9 Å². The molecule has 0 heterocycles. The minimum absolute atomic E-state index is 0.452. The fraction of sp³-hybridized carbons (Fsp3) is 0.188. The lowest BCUT2D eigenvalue weighted by molar-refractivity contribution is -0.145. The summed E-state index contributed by atoms with van der Waals surface area (Å²) in [5.74, 6) is -1.19. The van der Waals surface area contributed by atoms with Crippen molar-refractivity contribution in [1.82, 2.24) is 0 Å². The number of carbonyl (C=O) groups excluding carboxylic acids is 1. The predicted octanol–water partition coefficient (Wildman–Crippen LogP) is 3.44. The number of carbonyl (C=O) groups is 1.